The fraction of sp³-hybridized carbons (Fsp3) is 0.0968. The number of H-pyrrole nitrogens is 2. The summed E-state index contributed by atoms with van der Waals surface area (Å²) in [6.07, 6.45) is 5.71. The van der Waals surface area contributed by atoms with Gasteiger partial charge in [-0.15, -0.1) is 0 Å². The third kappa shape index (κ3) is 5.13. The van der Waals surface area contributed by atoms with Crippen LogP contribution in [-0.2, 0) is 0 Å². The van der Waals surface area contributed by atoms with E-state index in [4.69, 9.17) is 0 Å². The Balaban J connectivity index is 1.19. The van der Waals surface area contributed by atoms with Crippen LogP contribution in [0.5, 0.6) is 0 Å². The maximum atomic E-state index is 13.3. The number of carbonyl (C=O) groups is 1. The number of anilines is 2. The Morgan fingerprint density at radius 1 is 0.949 bits per heavy atom. The summed E-state index contributed by atoms with van der Waals surface area (Å²) in [4.78, 5) is 25.5. The van der Waals surface area contributed by atoms with Gasteiger partial charge in [0.2, 0.25) is 0 Å². The molecule has 192 valence electrons. The summed E-state index contributed by atoms with van der Waals surface area (Å²) in [6, 6.07) is 24.9. The van der Waals surface area contributed by atoms with Crippen LogP contribution in [0.4, 0.5) is 11.4 Å². The highest BCUT2D eigenvalue weighted by Crippen LogP contribution is 2.26. The minimum absolute atomic E-state index is 0.189. The molecule has 3 heterocycles. The number of aryl methyl sites for hydroxylation is 1. The van der Waals surface area contributed by atoms with Gasteiger partial charge in [0.25, 0.3) is 5.91 Å². The van der Waals surface area contributed by atoms with Crippen LogP contribution in [-0.4, -0.2) is 31.1 Å². The average Bonchev–Trinajstić information content (AvgIpc) is 3.56. The monoisotopic (exact) mass is 513 g/mol. The van der Waals surface area contributed by atoms with Gasteiger partial charge in [0.1, 0.15) is 5.82 Å². The molecule has 0 saturated heterocycles. The number of para-hydroxylation sites is 3. The SMILES string of the molecule is Cc1ccnc(C=Cc2n[nH]c3cc(Nc4ccccc4C(=O)NC(C)c4nc5ccccc5[nH]4)ccc23)c1. The van der Waals surface area contributed by atoms with E-state index in [1.165, 1.54) is 0 Å². The van der Waals surface area contributed by atoms with Crippen LogP contribution < -0.4 is 10.6 Å². The van der Waals surface area contributed by atoms with Gasteiger partial charge in [0.15, 0.2) is 0 Å². The fourth-order valence-electron chi connectivity index (χ4n) is 4.53. The summed E-state index contributed by atoms with van der Waals surface area (Å²) in [7, 11) is 0. The van der Waals surface area contributed by atoms with Gasteiger partial charge in [-0.2, -0.15) is 5.10 Å². The van der Waals surface area contributed by atoms with Crippen molar-refractivity contribution in [2.45, 2.75) is 19.9 Å². The van der Waals surface area contributed by atoms with E-state index in [9.17, 15) is 4.79 Å². The first-order valence-electron chi connectivity index (χ1n) is 12.7. The zero-order valence-electron chi connectivity index (χ0n) is 21.6. The molecule has 8 nitrogen and oxygen atoms in total. The average molecular weight is 514 g/mol. The summed E-state index contributed by atoms with van der Waals surface area (Å²) in [5.41, 5.74) is 7.66. The van der Waals surface area contributed by atoms with Crippen molar-refractivity contribution >= 4 is 51.4 Å². The lowest BCUT2D eigenvalue weighted by atomic mass is 10.1. The molecule has 4 N–H and O–H groups in total. The van der Waals surface area contributed by atoms with Crippen molar-refractivity contribution in [1.82, 2.24) is 30.5 Å². The Kier molecular flexibility index (Phi) is 6.34. The maximum Gasteiger partial charge on any atom is 0.253 e. The number of carbonyl (C=O) groups excluding carboxylic acids is 1. The topological polar surface area (TPSA) is 111 Å². The molecule has 1 amide bonds. The number of aromatic amines is 2. The lowest BCUT2D eigenvalue weighted by Gasteiger charge is -2.15. The largest absolute Gasteiger partial charge is 0.355 e. The van der Waals surface area contributed by atoms with Crippen molar-refractivity contribution < 1.29 is 4.79 Å². The molecule has 1 unspecified atom stereocenters. The van der Waals surface area contributed by atoms with Crippen LogP contribution in [0.15, 0.2) is 85.1 Å². The van der Waals surface area contributed by atoms with Gasteiger partial charge in [0.05, 0.1) is 45.2 Å². The molecule has 0 aliphatic heterocycles. The summed E-state index contributed by atoms with van der Waals surface area (Å²) in [6.45, 7) is 3.96. The van der Waals surface area contributed by atoms with Crippen LogP contribution in [0.3, 0.4) is 0 Å². The first kappa shape index (κ1) is 24.1. The van der Waals surface area contributed by atoms with E-state index < -0.39 is 0 Å². The standard InChI is InChI=1S/C31H27N7O/c1-19-15-16-32-21(17-19)12-14-26-23-13-11-22(18-29(23)38-37-26)34-25-8-4-3-7-24(25)31(39)33-20(2)30-35-27-9-5-6-10-28(27)36-30/h3-18,20,34H,1-2H3,(H,33,39)(H,35,36)(H,37,38). The van der Waals surface area contributed by atoms with Crippen molar-refractivity contribution in [3.8, 4) is 0 Å². The Morgan fingerprint density at radius 3 is 2.67 bits per heavy atom. The van der Waals surface area contributed by atoms with Crippen molar-refractivity contribution in [3.05, 3.63) is 113 Å². The summed E-state index contributed by atoms with van der Waals surface area (Å²) < 4.78 is 0. The predicted octanol–water partition coefficient (Wildman–Crippen LogP) is 6.55. The Labute approximate surface area is 225 Å². The molecule has 8 heteroatoms. The number of amides is 1. The third-order valence-corrected chi connectivity index (χ3v) is 6.56. The lowest BCUT2D eigenvalue weighted by molar-refractivity contribution is 0.0939. The minimum atomic E-state index is -0.291. The number of rotatable bonds is 7. The molecule has 6 rings (SSSR count). The number of nitrogens with zero attached hydrogens (tertiary/aromatic N) is 3. The highest BCUT2D eigenvalue weighted by molar-refractivity contribution is 6.01. The fourth-order valence-corrected chi connectivity index (χ4v) is 4.53. The van der Waals surface area contributed by atoms with Gasteiger partial charge in [-0.25, -0.2) is 4.98 Å². The van der Waals surface area contributed by atoms with Crippen LogP contribution in [0.2, 0.25) is 0 Å². The normalized spacial score (nSPS) is 12.3. The minimum Gasteiger partial charge on any atom is -0.355 e. The van der Waals surface area contributed by atoms with Crippen molar-refractivity contribution in [2.75, 3.05) is 5.32 Å². The molecule has 0 bridgehead atoms. The number of hydrogen-bond donors (Lipinski definition) is 4. The molecule has 0 saturated carbocycles. The predicted molar refractivity (Wildman–Crippen MR) is 156 cm³/mol. The quantitative estimate of drug-likeness (QED) is 0.193. The molecule has 39 heavy (non-hydrogen) atoms. The molecule has 0 spiro atoms. The highest BCUT2D eigenvalue weighted by Gasteiger charge is 2.17. The molecule has 0 radical (unpaired) electrons. The van der Waals surface area contributed by atoms with Gasteiger partial charge < -0.3 is 15.6 Å². The van der Waals surface area contributed by atoms with Gasteiger partial charge in [0, 0.05) is 17.3 Å². The van der Waals surface area contributed by atoms with E-state index in [1.54, 1.807) is 12.3 Å². The molecule has 0 aliphatic rings. The zero-order chi connectivity index (χ0) is 26.8. The van der Waals surface area contributed by atoms with E-state index in [-0.39, 0.29) is 11.9 Å². The van der Waals surface area contributed by atoms with Gasteiger partial charge in [-0.05, 0) is 86.2 Å². The second-order valence-electron chi connectivity index (χ2n) is 9.47. The van der Waals surface area contributed by atoms with E-state index in [0.29, 0.717) is 17.1 Å². The van der Waals surface area contributed by atoms with Crippen LogP contribution in [0, 0.1) is 6.92 Å². The first-order chi connectivity index (χ1) is 19.0. The summed E-state index contributed by atoms with van der Waals surface area (Å²) in [5.74, 6) is 0.522. The number of hydrogen-bond acceptors (Lipinski definition) is 5. The molecule has 6 aromatic rings. The van der Waals surface area contributed by atoms with Gasteiger partial charge in [-0.3, -0.25) is 14.9 Å². The lowest BCUT2D eigenvalue weighted by Crippen LogP contribution is -2.28. The van der Waals surface area contributed by atoms with Crippen molar-refractivity contribution in [1.29, 1.82) is 0 Å². The maximum absolute atomic E-state index is 13.3. The molecule has 3 aromatic carbocycles. The molecular weight excluding hydrogens is 486 g/mol. The number of nitrogens with one attached hydrogen (secondary N) is 4. The third-order valence-electron chi connectivity index (χ3n) is 6.56. The van der Waals surface area contributed by atoms with E-state index >= 15 is 0 Å². The molecule has 1 atom stereocenters. The number of fused-ring (bicyclic) bond motifs is 2. The van der Waals surface area contributed by atoms with E-state index in [2.05, 4.69) is 35.8 Å². The Morgan fingerprint density at radius 2 is 1.79 bits per heavy atom. The van der Waals surface area contributed by atoms with Crippen molar-refractivity contribution in [3.63, 3.8) is 0 Å². The molecule has 0 aliphatic carbocycles. The van der Waals surface area contributed by atoms with Gasteiger partial charge >= 0.3 is 0 Å². The first-order valence-corrected chi connectivity index (χ1v) is 12.7. The second-order valence-corrected chi connectivity index (χ2v) is 9.47. The van der Waals surface area contributed by atoms with E-state index in [1.807, 2.05) is 98.8 Å². The summed E-state index contributed by atoms with van der Waals surface area (Å²) >= 11 is 0. The van der Waals surface area contributed by atoms with Crippen LogP contribution >= 0.6 is 0 Å². The number of pyridine rings is 1. The number of benzene rings is 3. The van der Waals surface area contributed by atoms with Crippen molar-refractivity contribution in [2.24, 2.45) is 0 Å². The summed E-state index contributed by atoms with van der Waals surface area (Å²) in [5, 5.41) is 15.0. The number of aromatic nitrogens is 5. The van der Waals surface area contributed by atoms with Gasteiger partial charge in [-0.1, -0.05) is 24.3 Å². The van der Waals surface area contributed by atoms with Crippen LogP contribution in [0.1, 0.15) is 46.1 Å². The Hall–Kier alpha value is -5.24. The highest BCUT2D eigenvalue weighted by atomic mass is 16.1. The second kappa shape index (κ2) is 10.3. The number of imidazole rings is 1. The smallest absolute Gasteiger partial charge is 0.253 e. The zero-order valence-corrected chi connectivity index (χ0v) is 21.6. The molecular formula is C31H27N7O. The Bertz CT molecular complexity index is 1800. The van der Waals surface area contributed by atoms with Crippen LogP contribution in [0.25, 0.3) is 34.1 Å². The molecule has 3 aromatic heterocycles. The van der Waals surface area contributed by atoms with E-state index in [0.717, 1.165) is 44.6 Å². The molecule has 0 fully saturated rings.